The van der Waals surface area contributed by atoms with Gasteiger partial charge in [-0.05, 0) is 122 Å². The van der Waals surface area contributed by atoms with E-state index in [1.165, 1.54) is 64.2 Å². The molecule has 0 radical (unpaired) electrons. The van der Waals surface area contributed by atoms with Gasteiger partial charge >= 0.3 is 17.9 Å². The fraction of sp³-hybridized carbons (Fsp3) is 0.689. The molecule has 0 spiro atoms. The smallest absolute Gasteiger partial charge is 0.306 e. The van der Waals surface area contributed by atoms with Crippen LogP contribution in [-0.2, 0) is 28.6 Å². The van der Waals surface area contributed by atoms with E-state index in [1.807, 2.05) is 0 Å². The zero-order valence-electron chi connectivity index (χ0n) is 43.6. The highest BCUT2D eigenvalue weighted by Crippen LogP contribution is 2.13. The van der Waals surface area contributed by atoms with Gasteiger partial charge in [0.2, 0.25) is 0 Å². The first-order valence-corrected chi connectivity index (χ1v) is 27.7. The summed E-state index contributed by atoms with van der Waals surface area (Å²) in [6.45, 7) is 6.45. The number of allylic oxidation sites excluding steroid dienone is 16. The molecule has 0 N–H and O–H groups in total. The van der Waals surface area contributed by atoms with Crippen LogP contribution in [0.5, 0.6) is 0 Å². The van der Waals surface area contributed by atoms with E-state index >= 15 is 0 Å². The van der Waals surface area contributed by atoms with Crippen LogP contribution in [0.15, 0.2) is 97.2 Å². The van der Waals surface area contributed by atoms with Gasteiger partial charge in [0.1, 0.15) is 13.2 Å². The monoisotopic (exact) mass is 931 g/mol. The van der Waals surface area contributed by atoms with Gasteiger partial charge in [-0.2, -0.15) is 0 Å². The second-order valence-corrected chi connectivity index (χ2v) is 18.1. The van der Waals surface area contributed by atoms with Gasteiger partial charge in [-0.25, -0.2) is 0 Å². The van der Waals surface area contributed by atoms with Crippen LogP contribution in [0.25, 0.3) is 0 Å². The summed E-state index contributed by atoms with van der Waals surface area (Å²) in [6, 6.07) is 0. The van der Waals surface area contributed by atoms with Gasteiger partial charge in [0.05, 0.1) is 0 Å². The zero-order chi connectivity index (χ0) is 48.6. The van der Waals surface area contributed by atoms with Crippen molar-refractivity contribution in [2.24, 2.45) is 0 Å². The fourth-order valence-electron chi connectivity index (χ4n) is 7.37. The highest BCUT2D eigenvalue weighted by molar-refractivity contribution is 5.71. The van der Waals surface area contributed by atoms with Crippen molar-refractivity contribution in [2.45, 2.75) is 258 Å². The predicted molar refractivity (Wildman–Crippen MR) is 288 cm³/mol. The maximum Gasteiger partial charge on any atom is 0.306 e. The molecule has 382 valence electrons. The van der Waals surface area contributed by atoms with Crippen molar-refractivity contribution in [3.8, 4) is 0 Å². The summed E-state index contributed by atoms with van der Waals surface area (Å²) in [6.07, 6.45) is 72.4. The normalized spacial score (nSPS) is 12.8. The lowest BCUT2D eigenvalue weighted by molar-refractivity contribution is -0.167. The molecular formula is C61H102O6. The third-order valence-corrected chi connectivity index (χ3v) is 11.5. The van der Waals surface area contributed by atoms with Gasteiger partial charge in [-0.3, -0.25) is 14.4 Å². The quantitative estimate of drug-likeness (QED) is 0.0262. The van der Waals surface area contributed by atoms with Crippen molar-refractivity contribution in [2.75, 3.05) is 13.2 Å². The van der Waals surface area contributed by atoms with Gasteiger partial charge in [-0.15, -0.1) is 0 Å². The maximum atomic E-state index is 12.8. The van der Waals surface area contributed by atoms with Crippen molar-refractivity contribution in [1.29, 1.82) is 0 Å². The predicted octanol–water partition coefficient (Wildman–Crippen LogP) is 18.5. The molecular weight excluding hydrogens is 829 g/mol. The molecule has 0 bridgehead atoms. The molecule has 0 saturated carbocycles. The van der Waals surface area contributed by atoms with Gasteiger partial charge in [0.25, 0.3) is 0 Å². The second-order valence-electron chi connectivity index (χ2n) is 18.1. The van der Waals surface area contributed by atoms with E-state index < -0.39 is 6.10 Å². The zero-order valence-corrected chi connectivity index (χ0v) is 43.6. The maximum absolute atomic E-state index is 12.8. The fourth-order valence-corrected chi connectivity index (χ4v) is 7.37. The SMILES string of the molecule is CC/C=C\C/C=C\C/C=C\C/C=C\C/C=C\CCCCCCCC(=O)OCC(COC(=O)CCCCCCC/C=C\CCCCC)OC(=O)CCCCCCC/C=C\C/C=C\CCCCCC. The average molecular weight is 931 g/mol. The minimum Gasteiger partial charge on any atom is -0.462 e. The van der Waals surface area contributed by atoms with Gasteiger partial charge in [0.15, 0.2) is 6.10 Å². The molecule has 6 nitrogen and oxygen atoms in total. The van der Waals surface area contributed by atoms with Crippen LogP contribution in [-0.4, -0.2) is 37.2 Å². The molecule has 0 fully saturated rings. The molecule has 0 saturated heterocycles. The molecule has 0 aromatic carbocycles. The van der Waals surface area contributed by atoms with E-state index in [1.54, 1.807) is 0 Å². The van der Waals surface area contributed by atoms with Crippen molar-refractivity contribution in [3.05, 3.63) is 97.2 Å². The molecule has 1 unspecified atom stereocenters. The van der Waals surface area contributed by atoms with Crippen LogP contribution in [0.1, 0.15) is 252 Å². The van der Waals surface area contributed by atoms with E-state index in [4.69, 9.17) is 14.2 Å². The number of ether oxygens (including phenoxy) is 3. The molecule has 0 aliphatic rings. The molecule has 0 aromatic rings. The van der Waals surface area contributed by atoms with Crippen LogP contribution in [0.3, 0.4) is 0 Å². The Morgan fingerprint density at radius 2 is 0.582 bits per heavy atom. The third kappa shape index (κ3) is 53.2. The molecule has 67 heavy (non-hydrogen) atoms. The van der Waals surface area contributed by atoms with Gasteiger partial charge in [-0.1, -0.05) is 208 Å². The lowest BCUT2D eigenvalue weighted by Crippen LogP contribution is -2.30. The lowest BCUT2D eigenvalue weighted by Gasteiger charge is -2.18. The van der Waals surface area contributed by atoms with Crippen molar-refractivity contribution in [1.82, 2.24) is 0 Å². The molecule has 1 atom stereocenters. The molecule has 0 heterocycles. The Morgan fingerprint density at radius 3 is 0.955 bits per heavy atom. The molecule has 0 aromatic heterocycles. The first-order valence-electron chi connectivity index (χ1n) is 27.7. The standard InChI is InChI=1S/C61H102O6/c1-4-7-10-13-16-19-22-25-27-29-30-31-32-33-35-36-39-42-45-48-51-54-60(63)66-57-58(56-65-59(62)53-50-47-44-41-38-24-21-18-15-12-9-6-3)67-61(64)55-52-49-46-43-40-37-34-28-26-23-20-17-14-11-8-5-2/h7,10,16,18-21,23,25,27-28,30-31,33-35,58H,4-6,8-9,11-15,17,22,24,26,29,32,36-57H2,1-3H3/b10-7-,19-16-,21-18-,23-20-,27-25-,31-30-,34-28-,35-33-. The molecule has 0 amide bonds. The second kappa shape index (κ2) is 54.9. The van der Waals surface area contributed by atoms with E-state index in [2.05, 4.69) is 118 Å². The van der Waals surface area contributed by atoms with Crippen LogP contribution in [0.2, 0.25) is 0 Å². The summed E-state index contributed by atoms with van der Waals surface area (Å²) in [7, 11) is 0. The van der Waals surface area contributed by atoms with Crippen molar-refractivity contribution in [3.63, 3.8) is 0 Å². The molecule has 6 heteroatoms. The largest absolute Gasteiger partial charge is 0.462 e. The number of hydrogen-bond acceptors (Lipinski definition) is 6. The first-order chi connectivity index (χ1) is 33.0. The number of rotatable bonds is 49. The van der Waals surface area contributed by atoms with E-state index in [-0.39, 0.29) is 31.1 Å². The van der Waals surface area contributed by atoms with Crippen LogP contribution < -0.4 is 0 Å². The Kier molecular flexibility index (Phi) is 51.9. The minimum absolute atomic E-state index is 0.0946. The van der Waals surface area contributed by atoms with Crippen molar-refractivity contribution >= 4 is 17.9 Å². The number of hydrogen-bond donors (Lipinski definition) is 0. The number of carbonyl (C=O) groups excluding carboxylic acids is 3. The highest BCUT2D eigenvalue weighted by Gasteiger charge is 2.19. The highest BCUT2D eigenvalue weighted by atomic mass is 16.6. The topological polar surface area (TPSA) is 78.9 Å². The minimum atomic E-state index is -0.797. The van der Waals surface area contributed by atoms with E-state index in [9.17, 15) is 14.4 Å². The Hall–Kier alpha value is -3.67. The Bertz CT molecular complexity index is 1350. The number of carbonyl (C=O) groups is 3. The molecule has 0 rings (SSSR count). The van der Waals surface area contributed by atoms with Crippen molar-refractivity contribution < 1.29 is 28.6 Å². The molecule has 0 aliphatic heterocycles. The lowest BCUT2D eigenvalue weighted by atomic mass is 10.1. The molecule has 0 aliphatic carbocycles. The summed E-state index contributed by atoms with van der Waals surface area (Å²) in [5, 5.41) is 0. The number of unbranched alkanes of at least 4 members (excludes halogenated alkanes) is 22. The summed E-state index contributed by atoms with van der Waals surface area (Å²) < 4.78 is 16.8. The third-order valence-electron chi connectivity index (χ3n) is 11.5. The van der Waals surface area contributed by atoms with Gasteiger partial charge in [0, 0.05) is 19.3 Å². The Labute approximate surface area is 413 Å². The summed E-state index contributed by atoms with van der Waals surface area (Å²) in [5.41, 5.74) is 0. The number of esters is 3. The average Bonchev–Trinajstić information content (AvgIpc) is 3.33. The summed E-state index contributed by atoms with van der Waals surface area (Å²) in [4.78, 5) is 38.1. The van der Waals surface area contributed by atoms with Gasteiger partial charge < -0.3 is 14.2 Å². The van der Waals surface area contributed by atoms with E-state index in [0.29, 0.717) is 19.3 Å². The summed E-state index contributed by atoms with van der Waals surface area (Å²) >= 11 is 0. The Morgan fingerprint density at radius 1 is 0.313 bits per heavy atom. The summed E-state index contributed by atoms with van der Waals surface area (Å²) in [5.74, 6) is -0.936. The first kappa shape index (κ1) is 63.3. The Balaban J connectivity index is 4.43. The van der Waals surface area contributed by atoms with Crippen LogP contribution in [0.4, 0.5) is 0 Å². The van der Waals surface area contributed by atoms with E-state index in [0.717, 1.165) is 148 Å². The van der Waals surface area contributed by atoms with Crippen LogP contribution >= 0.6 is 0 Å². The van der Waals surface area contributed by atoms with Crippen LogP contribution in [0, 0.1) is 0 Å².